The summed E-state index contributed by atoms with van der Waals surface area (Å²) >= 11 is 0. The predicted octanol–water partition coefficient (Wildman–Crippen LogP) is 4.17. The zero-order chi connectivity index (χ0) is 21.1. The number of H-pyrrole nitrogens is 1. The number of hydrogen-bond acceptors (Lipinski definition) is 3. The average molecular weight is 412 g/mol. The summed E-state index contributed by atoms with van der Waals surface area (Å²) in [6, 6.07) is 6.20. The lowest BCUT2D eigenvalue weighted by atomic mass is 9.96. The smallest absolute Gasteiger partial charge is 0.318 e. The third-order valence-electron chi connectivity index (χ3n) is 6.42. The van der Waals surface area contributed by atoms with Crippen LogP contribution in [0.3, 0.4) is 0 Å². The Morgan fingerprint density at radius 3 is 2.67 bits per heavy atom. The van der Waals surface area contributed by atoms with Crippen molar-refractivity contribution in [3.05, 3.63) is 45.2 Å². The molecule has 2 aromatic rings. The molecule has 0 bridgehead atoms. The van der Waals surface area contributed by atoms with E-state index in [0.717, 1.165) is 54.3 Å². The molecule has 6 heteroatoms. The van der Waals surface area contributed by atoms with Crippen LogP contribution in [0, 0.1) is 13.8 Å². The maximum Gasteiger partial charge on any atom is 0.318 e. The number of carbonyl (C=O) groups is 1. The molecule has 0 radical (unpaired) electrons. The van der Waals surface area contributed by atoms with E-state index in [1.807, 2.05) is 19.1 Å². The summed E-state index contributed by atoms with van der Waals surface area (Å²) in [6.45, 7) is 5.63. The van der Waals surface area contributed by atoms with E-state index < -0.39 is 0 Å². The summed E-state index contributed by atoms with van der Waals surface area (Å²) in [6.07, 6.45) is 7.68. The fourth-order valence-electron chi connectivity index (χ4n) is 4.81. The normalized spacial score (nSPS) is 19.9. The molecule has 2 N–H and O–H groups in total. The predicted molar refractivity (Wildman–Crippen MR) is 119 cm³/mol. The maximum atomic E-state index is 13.1. The largest absolute Gasteiger partial charge is 0.376 e. The Balaban J connectivity index is 1.57. The molecule has 1 aromatic heterocycles. The third kappa shape index (κ3) is 4.86. The number of nitrogens with zero attached hydrogens (tertiary/aromatic N) is 1. The number of rotatable bonds is 5. The number of pyridine rings is 1. The zero-order valence-corrected chi connectivity index (χ0v) is 18.1. The van der Waals surface area contributed by atoms with Crippen molar-refractivity contribution in [3.8, 4) is 0 Å². The van der Waals surface area contributed by atoms with Crippen molar-refractivity contribution in [1.82, 2.24) is 15.2 Å². The highest BCUT2D eigenvalue weighted by Gasteiger charge is 2.26. The second-order valence-electron chi connectivity index (χ2n) is 8.97. The molecule has 0 unspecified atom stereocenters. The molecular formula is C24H33N3O3. The molecule has 1 aliphatic carbocycles. The molecule has 0 spiro atoms. The Morgan fingerprint density at radius 2 is 1.93 bits per heavy atom. The van der Waals surface area contributed by atoms with E-state index in [2.05, 4.69) is 23.3 Å². The van der Waals surface area contributed by atoms with Gasteiger partial charge in [-0.05, 0) is 62.8 Å². The number of fused-ring (bicyclic) bond motifs is 1. The zero-order valence-electron chi connectivity index (χ0n) is 18.1. The van der Waals surface area contributed by atoms with Gasteiger partial charge in [0.15, 0.2) is 0 Å². The van der Waals surface area contributed by atoms with Gasteiger partial charge >= 0.3 is 6.03 Å². The number of amides is 2. The fraction of sp³-hybridized carbons (Fsp3) is 0.583. The summed E-state index contributed by atoms with van der Waals surface area (Å²) in [5.74, 6) is 0. The lowest BCUT2D eigenvalue weighted by molar-refractivity contribution is 0.0784. The summed E-state index contributed by atoms with van der Waals surface area (Å²) in [5.41, 5.74) is 3.58. The van der Waals surface area contributed by atoms with Gasteiger partial charge in [0.2, 0.25) is 0 Å². The van der Waals surface area contributed by atoms with Gasteiger partial charge in [-0.15, -0.1) is 0 Å². The number of urea groups is 1. The van der Waals surface area contributed by atoms with E-state index in [1.165, 1.54) is 19.3 Å². The second-order valence-corrected chi connectivity index (χ2v) is 8.97. The van der Waals surface area contributed by atoms with Crippen LogP contribution in [0.4, 0.5) is 4.79 Å². The van der Waals surface area contributed by atoms with Crippen LogP contribution in [0.25, 0.3) is 10.9 Å². The minimum absolute atomic E-state index is 0.0472. The first-order chi connectivity index (χ1) is 14.5. The van der Waals surface area contributed by atoms with Gasteiger partial charge in [-0.25, -0.2) is 4.79 Å². The van der Waals surface area contributed by atoms with Gasteiger partial charge in [0.25, 0.3) is 5.56 Å². The molecule has 2 fully saturated rings. The van der Waals surface area contributed by atoms with Crippen LogP contribution in [-0.2, 0) is 11.3 Å². The molecule has 1 saturated carbocycles. The highest BCUT2D eigenvalue weighted by molar-refractivity contribution is 5.83. The Morgan fingerprint density at radius 1 is 1.13 bits per heavy atom. The van der Waals surface area contributed by atoms with Gasteiger partial charge in [0, 0.05) is 35.7 Å². The monoisotopic (exact) mass is 411 g/mol. The van der Waals surface area contributed by atoms with Crippen LogP contribution >= 0.6 is 0 Å². The van der Waals surface area contributed by atoms with E-state index in [-0.39, 0.29) is 30.3 Å². The molecule has 30 heavy (non-hydrogen) atoms. The summed E-state index contributed by atoms with van der Waals surface area (Å²) in [4.78, 5) is 30.7. The molecule has 2 heterocycles. The first-order valence-corrected chi connectivity index (χ1v) is 11.3. The van der Waals surface area contributed by atoms with Crippen LogP contribution in [-0.4, -0.2) is 41.2 Å². The Hall–Kier alpha value is -2.34. The standard InChI is InChI=1S/C24H33N3O3/c1-16-11-17(2)21-13-18(23(28)26-22(21)12-16)14-27(15-20-9-6-10-30-20)24(29)25-19-7-4-3-5-8-19/h11-13,19-20H,3-10,14-15H2,1-2H3,(H,25,29)(H,26,28)/t20-/m0/s1. The lowest BCUT2D eigenvalue weighted by Crippen LogP contribution is -2.48. The quantitative estimate of drug-likeness (QED) is 0.775. The minimum atomic E-state index is -0.129. The van der Waals surface area contributed by atoms with Crippen molar-refractivity contribution in [2.75, 3.05) is 13.2 Å². The Labute approximate surface area is 178 Å². The van der Waals surface area contributed by atoms with Crippen LogP contribution in [0.15, 0.2) is 23.0 Å². The number of hydrogen-bond donors (Lipinski definition) is 2. The molecule has 4 rings (SSSR count). The first kappa shape index (κ1) is 20.9. The van der Waals surface area contributed by atoms with Crippen LogP contribution in [0.5, 0.6) is 0 Å². The molecule has 1 atom stereocenters. The van der Waals surface area contributed by atoms with Crippen molar-refractivity contribution in [1.29, 1.82) is 0 Å². The Kier molecular flexibility index (Phi) is 6.42. The first-order valence-electron chi connectivity index (χ1n) is 11.3. The second kappa shape index (κ2) is 9.21. The molecular weight excluding hydrogens is 378 g/mol. The number of aromatic nitrogens is 1. The van der Waals surface area contributed by atoms with E-state index in [4.69, 9.17) is 4.74 Å². The van der Waals surface area contributed by atoms with Gasteiger partial charge in [-0.2, -0.15) is 0 Å². The number of ether oxygens (including phenoxy) is 1. The van der Waals surface area contributed by atoms with E-state index in [0.29, 0.717) is 12.1 Å². The van der Waals surface area contributed by atoms with Crippen molar-refractivity contribution in [2.45, 2.75) is 77.5 Å². The summed E-state index contributed by atoms with van der Waals surface area (Å²) in [5, 5.41) is 4.24. The topological polar surface area (TPSA) is 74.4 Å². The Bertz CT molecular complexity index is 956. The molecule has 1 aromatic carbocycles. The van der Waals surface area contributed by atoms with Gasteiger partial charge < -0.3 is 19.9 Å². The van der Waals surface area contributed by atoms with E-state index in [1.54, 1.807) is 4.90 Å². The molecule has 1 saturated heterocycles. The maximum absolute atomic E-state index is 13.1. The van der Waals surface area contributed by atoms with Crippen LogP contribution in [0.1, 0.15) is 61.6 Å². The van der Waals surface area contributed by atoms with Crippen molar-refractivity contribution < 1.29 is 9.53 Å². The molecule has 1 aliphatic heterocycles. The minimum Gasteiger partial charge on any atom is -0.376 e. The van der Waals surface area contributed by atoms with Gasteiger partial charge in [0.05, 0.1) is 12.6 Å². The van der Waals surface area contributed by atoms with Gasteiger partial charge in [-0.3, -0.25) is 4.79 Å². The van der Waals surface area contributed by atoms with Gasteiger partial charge in [0.1, 0.15) is 0 Å². The third-order valence-corrected chi connectivity index (χ3v) is 6.42. The van der Waals surface area contributed by atoms with E-state index >= 15 is 0 Å². The molecule has 6 nitrogen and oxygen atoms in total. The van der Waals surface area contributed by atoms with Crippen molar-refractivity contribution in [2.24, 2.45) is 0 Å². The lowest BCUT2D eigenvalue weighted by Gasteiger charge is -2.29. The van der Waals surface area contributed by atoms with Crippen LogP contribution in [0.2, 0.25) is 0 Å². The number of nitrogens with one attached hydrogen (secondary N) is 2. The summed E-state index contributed by atoms with van der Waals surface area (Å²) in [7, 11) is 0. The van der Waals surface area contributed by atoms with Crippen molar-refractivity contribution in [3.63, 3.8) is 0 Å². The molecule has 2 amide bonds. The number of aryl methyl sites for hydroxylation is 2. The molecule has 162 valence electrons. The van der Waals surface area contributed by atoms with Crippen LogP contribution < -0.4 is 10.9 Å². The number of carbonyl (C=O) groups excluding carboxylic acids is 1. The number of benzene rings is 1. The highest BCUT2D eigenvalue weighted by Crippen LogP contribution is 2.21. The number of aromatic amines is 1. The molecule has 2 aliphatic rings. The highest BCUT2D eigenvalue weighted by atomic mass is 16.5. The van der Waals surface area contributed by atoms with Gasteiger partial charge in [-0.1, -0.05) is 25.3 Å². The average Bonchev–Trinajstić information content (AvgIpc) is 3.22. The SMILES string of the molecule is Cc1cc(C)c2cc(CN(C[C@@H]3CCCO3)C(=O)NC3CCCCC3)c(=O)[nH]c2c1. The van der Waals surface area contributed by atoms with E-state index in [9.17, 15) is 9.59 Å². The van der Waals surface area contributed by atoms with Crippen molar-refractivity contribution >= 4 is 16.9 Å². The summed E-state index contributed by atoms with van der Waals surface area (Å²) < 4.78 is 5.79. The fourth-order valence-corrected chi connectivity index (χ4v) is 4.81.